The molecule has 4 aromatic rings. The van der Waals surface area contributed by atoms with E-state index in [1.807, 2.05) is 77.5 Å². The van der Waals surface area contributed by atoms with Crippen molar-refractivity contribution in [1.29, 1.82) is 0 Å². The molecule has 1 saturated heterocycles. The normalized spacial score (nSPS) is 17.1. The molecule has 0 unspecified atom stereocenters. The van der Waals surface area contributed by atoms with E-state index in [1.165, 1.54) is 6.07 Å². The van der Waals surface area contributed by atoms with Crippen LogP contribution in [-0.4, -0.2) is 37.6 Å². The Morgan fingerprint density at radius 3 is 2.64 bits per heavy atom. The van der Waals surface area contributed by atoms with Crippen molar-refractivity contribution < 1.29 is 4.92 Å². The van der Waals surface area contributed by atoms with Gasteiger partial charge in [-0.05, 0) is 61.1 Å². The first-order chi connectivity index (χ1) is 17.6. The second-order valence-electron chi connectivity index (χ2n) is 8.55. The third-order valence-corrected chi connectivity index (χ3v) is 6.63. The third kappa shape index (κ3) is 4.92. The molecule has 182 valence electrons. The van der Waals surface area contributed by atoms with E-state index in [0.29, 0.717) is 5.11 Å². The van der Waals surface area contributed by atoms with E-state index in [4.69, 9.17) is 12.2 Å². The molecule has 2 aromatic carbocycles. The molecule has 2 N–H and O–H groups in total. The smallest absolute Gasteiger partial charge is 0.271 e. The zero-order chi connectivity index (χ0) is 24.9. The number of hydrogen-bond acceptors (Lipinski definition) is 5. The predicted octanol–water partition coefficient (Wildman–Crippen LogP) is 5.26. The van der Waals surface area contributed by atoms with Crippen molar-refractivity contribution in [2.24, 2.45) is 0 Å². The fraction of sp³-hybridized carbons (Fsp3) is 0.185. The summed E-state index contributed by atoms with van der Waals surface area (Å²) in [5.41, 5.74) is 3.74. The van der Waals surface area contributed by atoms with Gasteiger partial charge in [-0.3, -0.25) is 15.1 Å². The molecule has 1 aliphatic heterocycles. The van der Waals surface area contributed by atoms with Gasteiger partial charge >= 0.3 is 0 Å². The maximum absolute atomic E-state index is 11.4. The van der Waals surface area contributed by atoms with Gasteiger partial charge in [-0.1, -0.05) is 30.3 Å². The van der Waals surface area contributed by atoms with E-state index >= 15 is 0 Å². The van der Waals surface area contributed by atoms with Crippen LogP contribution in [0.4, 0.5) is 11.4 Å². The predicted molar refractivity (Wildman–Crippen MR) is 144 cm³/mol. The van der Waals surface area contributed by atoms with E-state index in [0.717, 1.165) is 42.3 Å². The fourth-order valence-electron chi connectivity index (χ4n) is 4.63. The number of pyridine rings is 1. The number of nitrogens with one attached hydrogen (secondary N) is 2. The highest BCUT2D eigenvalue weighted by Crippen LogP contribution is 2.39. The van der Waals surface area contributed by atoms with Crippen LogP contribution in [0.1, 0.15) is 29.9 Å². The third-order valence-electron chi connectivity index (χ3n) is 6.28. The van der Waals surface area contributed by atoms with Gasteiger partial charge in [0.05, 0.1) is 28.4 Å². The standard InChI is InChI=1S/C27H26N6O2S/c34-33(35)22-12-6-11-21(19-22)31-17-7-14-24(31)26-25(23-13-4-5-15-29-23)30-27(36)32(26)18-8-16-28-20-9-2-1-3-10-20/h1-7,9-15,17,19,25-26,28H,8,16,18H2,(H,30,36)/t25-,26+/m1/s1. The molecule has 8 nitrogen and oxygen atoms in total. The van der Waals surface area contributed by atoms with Crippen molar-refractivity contribution in [3.8, 4) is 5.69 Å². The van der Waals surface area contributed by atoms with Crippen LogP contribution in [0.5, 0.6) is 0 Å². The van der Waals surface area contributed by atoms with Crippen LogP contribution in [0.3, 0.4) is 0 Å². The van der Waals surface area contributed by atoms with Crippen molar-refractivity contribution in [3.63, 3.8) is 0 Å². The number of nitro benzene ring substituents is 1. The minimum Gasteiger partial charge on any atom is -0.385 e. The monoisotopic (exact) mass is 498 g/mol. The molecule has 0 spiro atoms. The van der Waals surface area contributed by atoms with E-state index in [-0.39, 0.29) is 22.7 Å². The molecule has 0 bridgehead atoms. The van der Waals surface area contributed by atoms with Gasteiger partial charge in [0.25, 0.3) is 5.69 Å². The van der Waals surface area contributed by atoms with Gasteiger partial charge < -0.3 is 20.1 Å². The number of nitrogens with zero attached hydrogens (tertiary/aromatic N) is 4. The fourth-order valence-corrected chi connectivity index (χ4v) is 4.96. The molecule has 3 heterocycles. The largest absolute Gasteiger partial charge is 0.385 e. The Morgan fingerprint density at radius 2 is 1.86 bits per heavy atom. The number of hydrogen-bond donors (Lipinski definition) is 2. The van der Waals surface area contributed by atoms with Crippen molar-refractivity contribution in [3.05, 3.63) is 119 Å². The zero-order valence-corrected chi connectivity index (χ0v) is 20.3. The quantitative estimate of drug-likeness (QED) is 0.141. The summed E-state index contributed by atoms with van der Waals surface area (Å²) in [6, 6.07) is 26.4. The molecule has 2 atom stereocenters. The van der Waals surface area contributed by atoms with Crippen molar-refractivity contribution >= 4 is 28.7 Å². The molecule has 0 aliphatic carbocycles. The summed E-state index contributed by atoms with van der Waals surface area (Å²) < 4.78 is 2.00. The van der Waals surface area contributed by atoms with Gasteiger partial charge in [-0.25, -0.2) is 0 Å². The van der Waals surface area contributed by atoms with Crippen LogP contribution >= 0.6 is 12.2 Å². The highest BCUT2D eigenvalue weighted by atomic mass is 32.1. The molecule has 2 aromatic heterocycles. The summed E-state index contributed by atoms with van der Waals surface area (Å²) in [6.07, 6.45) is 4.59. The summed E-state index contributed by atoms with van der Waals surface area (Å²) >= 11 is 5.79. The summed E-state index contributed by atoms with van der Waals surface area (Å²) in [5.74, 6) is 0. The van der Waals surface area contributed by atoms with Gasteiger partial charge in [0.15, 0.2) is 5.11 Å². The Kier molecular flexibility index (Phi) is 6.90. The van der Waals surface area contributed by atoms with Crippen LogP contribution in [0.2, 0.25) is 0 Å². The lowest BCUT2D eigenvalue weighted by molar-refractivity contribution is -0.384. The average Bonchev–Trinajstić information content (AvgIpc) is 3.52. The number of non-ortho nitro benzene ring substituents is 1. The first-order valence-electron chi connectivity index (χ1n) is 11.8. The molecule has 5 rings (SSSR count). The Balaban J connectivity index is 1.44. The number of nitro groups is 1. The van der Waals surface area contributed by atoms with Crippen molar-refractivity contribution in [1.82, 2.24) is 19.8 Å². The summed E-state index contributed by atoms with van der Waals surface area (Å²) in [6.45, 7) is 1.54. The van der Waals surface area contributed by atoms with Crippen LogP contribution in [-0.2, 0) is 0 Å². The van der Waals surface area contributed by atoms with Gasteiger partial charge in [0.1, 0.15) is 0 Å². The molecular formula is C27H26N6O2S. The molecule has 36 heavy (non-hydrogen) atoms. The number of benzene rings is 2. The van der Waals surface area contributed by atoms with E-state index in [2.05, 4.69) is 20.5 Å². The lowest BCUT2D eigenvalue weighted by atomic mass is 10.0. The maximum Gasteiger partial charge on any atom is 0.271 e. The maximum atomic E-state index is 11.4. The van der Waals surface area contributed by atoms with Gasteiger partial charge in [0, 0.05) is 49.0 Å². The second-order valence-corrected chi connectivity index (χ2v) is 8.93. The molecule has 0 amide bonds. The van der Waals surface area contributed by atoms with Gasteiger partial charge in [-0.2, -0.15) is 0 Å². The molecule has 1 fully saturated rings. The lowest BCUT2D eigenvalue weighted by Crippen LogP contribution is -2.32. The number of para-hydroxylation sites is 1. The van der Waals surface area contributed by atoms with Crippen molar-refractivity contribution in [2.45, 2.75) is 18.5 Å². The van der Waals surface area contributed by atoms with Crippen molar-refractivity contribution in [2.75, 3.05) is 18.4 Å². The minimum absolute atomic E-state index is 0.0531. The molecular weight excluding hydrogens is 472 g/mol. The van der Waals surface area contributed by atoms with Gasteiger partial charge in [-0.15, -0.1) is 0 Å². The Labute approximate surface area is 214 Å². The molecule has 9 heteroatoms. The first-order valence-corrected chi connectivity index (χ1v) is 12.2. The molecule has 1 aliphatic rings. The topological polar surface area (TPSA) is 88.3 Å². The van der Waals surface area contributed by atoms with E-state index in [9.17, 15) is 10.1 Å². The highest BCUT2D eigenvalue weighted by Gasteiger charge is 2.41. The lowest BCUT2D eigenvalue weighted by Gasteiger charge is -2.29. The molecule has 0 radical (unpaired) electrons. The van der Waals surface area contributed by atoms with Crippen LogP contribution in [0, 0.1) is 10.1 Å². The van der Waals surface area contributed by atoms with E-state index < -0.39 is 0 Å². The minimum atomic E-state index is -0.373. The highest BCUT2D eigenvalue weighted by molar-refractivity contribution is 7.80. The van der Waals surface area contributed by atoms with Crippen LogP contribution < -0.4 is 10.6 Å². The summed E-state index contributed by atoms with van der Waals surface area (Å²) in [5, 5.41) is 19.0. The second kappa shape index (κ2) is 10.6. The summed E-state index contributed by atoms with van der Waals surface area (Å²) in [4.78, 5) is 17.8. The molecule has 0 saturated carbocycles. The van der Waals surface area contributed by atoms with Crippen LogP contribution in [0.25, 0.3) is 5.69 Å². The van der Waals surface area contributed by atoms with Crippen LogP contribution in [0.15, 0.2) is 97.3 Å². The summed E-state index contributed by atoms with van der Waals surface area (Å²) in [7, 11) is 0. The first kappa shape index (κ1) is 23.5. The number of aromatic nitrogens is 2. The van der Waals surface area contributed by atoms with Gasteiger partial charge in [0.2, 0.25) is 0 Å². The Hall–Kier alpha value is -4.24. The number of anilines is 1. The van der Waals surface area contributed by atoms with E-state index in [1.54, 1.807) is 18.3 Å². The SMILES string of the molecule is O=[N+]([O-])c1cccc(-n2cccc2[C@H]2[C@@H](c3ccccn3)NC(=S)N2CCCNc2ccccc2)c1. The zero-order valence-electron chi connectivity index (χ0n) is 19.5. The number of rotatable bonds is 9. The number of thiocarbonyl (C=S) groups is 1. The Bertz CT molecular complexity index is 1340. The average molecular weight is 499 g/mol. The Morgan fingerprint density at radius 1 is 1.03 bits per heavy atom.